The van der Waals surface area contributed by atoms with E-state index in [1.807, 2.05) is 36.0 Å². The Morgan fingerprint density at radius 3 is 2.76 bits per heavy atom. The second-order valence-electron chi connectivity index (χ2n) is 5.38. The van der Waals surface area contributed by atoms with Crippen molar-refractivity contribution in [1.82, 2.24) is 15.0 Å². The van der Waals surface area contributed by atoms with E-state index in [9.17, 15) is 0 Å². The molecule has 0 unspecified atom stereocenters. The Balaban J connectivity index is 1.83. The van der Waals surface area contributed by atoms with Crippen LogP contribution in [-0.4, -0.2) is 32.5 Å². The van der Waals surface area contributed by atoms with Crippen molar-refractivity contribution in [1.29, 1.82) is 0 Å². The van der Waals surface area contributed by atoms with Crippen LogP contribution in [0.15, 0.2) is 30.5 Å². The summed E-state index contributed by atoms with van der Waals surface area (Å²) in [4.78, 5) is 13.6. The number of hydrogen-bond acceptors (Lipinski definition) is 5. The number of thioether (sulfide) groups is 1. The molecule has 1 fully saturated rings. The van der Waals surface area contributed by atoms with Crippen molar-refractivity contribution in [2.24, 2.45) is 0 Å². The maximum Gasteiger partial charge on any atom is 0.180 e. The van der Waals surface area contributed by atoms with Gasteiger partial charge in [-0.1, -0.05) is 13.0 Å². The molecule has 5 heteroatoms. The third kappa shape index (κ3) is 3.35. The molecule has 21 heavy (non-hydrogen) atoms. The summed E-state index contributed by atoms with van der Waals surface area (Å²) in [5, 5.41) is 3.48. The van der Waals surface area contributed by atoms with Gasteiger partial charge in [-0.3, -0.25) is 4.98 Å². The molecule has 0 radical (unpaired) electrons. The summed E-state index contributed by atoms with van der Waals surface area (Å²) in [5.74, 6) is 1.61. The zero-order chi connectivity index (χ0) is 14.7. The SMILES string of the molecule is CCc1cc(NCC2(SC)CC2)nc(-c2ccccn2)n1. The van der Waals surface area contributed by atoms with Gasteiger partial charge in [0.25, 0.3) is 0 Å². The summed E-state index contributed by atoms with van der Waals surface area (Å²) in [6.07, 6.45) is 7.44. The van der Waals surface area contributed by atoms with Gasteiger partial charge in [0.1, 0.15) is 11.5 Å². The van der Waals surface area contributed by atoms with Crippen LogP contribution >= 0.6 is 11.8 Å². The lowest BCUT2D eigenvalue weighted by atomic mass is 10.2. The number of nitrogens with zero attached hydrogens (tertiary/aromatic N) is 3. The number of nitrogens with one attached hydrogen (secondary N) is 1. The van der Waals surface area contributed by atoms with Crippen LogP contribution in [0.2, 0.25) is 0 Å². The number of hydrogen-bond donors (Lipinski definition) is 1. The zero-order valence-corrected chi connectivity index (χ0v) is 13.3. The quantitative estimate of drug-likeness (QED) is 0.886. The van der Waals surface area contributed by atoms with Gasteiger partial charge >= 0.3 is 0 Å². The fraction of sp³-hybridized carbons (Fsp3) is 0.438. The van der Waals surface area contributed by atoms with Crippen LogP contribution in [0.3, 0.4) is 0 Å². The number of aryl methyl sites for hydroxylation is 1. The van der Waals surface area contributed by atoms with E-state index >= 15 is 0 Å². The molecule has 4 nitrogen and oxygen atoms in total. The van der Waals surface area contributed by atoms with Crippen LogP contribution in [0.5, 0.6) is 0 Å². The first kappa shape index (κ1) is 14.3. The Hall–Kier alpha value is -1.62. The predicted molar refractivity (Wildman–Crippen MR) is 88.6 cm³/mol. The average molecular weight is 300 g/mol. The van der Waals surface area contributed by atoms with Crippen LogP contribution in [0.4, 0.5) is 5.82 Å². The van der Waals surface area contributed by atoms with Gasteiger partial charge in [0.05, 0.1) is 0 Å². The van der Waals surface area contributed by atoms with Gasteiger partial charge in [-0.05, 0) is 37.7 Å². The van der Waals surface area contributed by atoms with Gasteiger partial charge in [0.2, 0.25) is 0 Å². The van der Waals surface area contributed by atoms with Gasteiger partial charge in [0.15, 0.2) is 5.82 Å². The van der Waals surface area contributed by atoms with Crippen LogP contribution in [0.1, 0.15) is 25.5 Å². The lowest BCUT2D eigenvalue weighted by Crippen LogP contribution is -2.18. The topological polar surface area (TPSA) is 50.7 Å². The molecule has 2 heterocycles. The molecule has 1 N–H and O–H groups in total. The first-order valence-electron chi connectivity index (χ1n) is 7.33. The fourth-order valence-electron chi connectivity index (χ4n) is 2.22. The molecule has 0 aromatic carbocycles. The van der Waals surface area contributed by atoms with Gasteiger partial charge in [-0.2, -0.15) is 11.8 Å². The summed E-state index contributed by atoms with van der Waals surface area (Å²) < 4.78 is 0.419. The third-order valence-electron chi connectivity index (χ3n) is 3.87. The number of rotatable bonds is 6. The lowest BCUT2D eigenvalue weighted by Gasteiger charge is -2.14. The largest absolute Gasteiger partial charge is 0.369 e. The molecular formula is C16H20N4S. The van der Waals surface area contributed by atoms with Gasteiger partial charge in [0, 0.05) is 29.2 Å². The van der Waals surface area contributed by atoms with Gasteiger partial charge in [-0.25, -0.2) is 9.97 Å². The van der Waals surface area contributed by atoms with E-state index in [1.54, 1.807) is 6.20 Å². The van der Waals surface area contributed by atoms with Gasteiger partial charge in [-0.15, -0.1) is 0 Å². The van der Waals surface area contributed by atoms with Crippen LogP contribution in [0, 0.1) is 0 Å². The van der Waals surface area contributed by atoms with Crippen molar-refractivity contribution >= 4 is 17.6 Å². The van der Waals surface area contributed by atoms with Crippen molar-refractivity contribution in [2.45, 2.75) is 30.9 Å². The minimum Gasteiger partial charge on any atom is -0.369 e. The molecule has 0 spiro atoms. The Morgan fingerprint density at radius 2 is 2.14 bits per heavy atom. The summed E-state index contributed by atoms with van der Waals surface area (Å²) in [7, 11) is 0. The smallest absolute Gasteiger partial charge is 0.180 e. The van der Waals surface area contributed by atoms with Crippen molar-refractivity contribution in [3.8, 4) is 11.5 Å². The van der Waals surface area contributed by atoms with E-state index in [1.165, 1.54) is 12.8 Å². The number of pyridine rings is 1. The summed E-state index contributed by atoms with van der Waals surface area (Å²) in [6.45, 7) is 3.08. The molecule has 0 saturated heterocycles. The van der Waals surface area contributed by atoms with E-state index in [2.05, 4.69) is 33.4 Å². The summed E-state index contributed by atoms with van der Waals surface area (Å²) in [6, 6.07) is 7.86. The minimum atomic E-state index is 0.419. The predicted octanol–water partition coefficient (Wildman–Crippen LogP) is 3.41. The standard InChI is InChI=1S/C16H20N4S/c1-3-12-10-14(18-11-16(21-2)7-8-16)20-15(19-12)13-6-4-5-9-17-13/h4-6,9-10H,3,7-8,11H2,1-2H3,(H,18,19,20). The molecule has 2 aromatic heterocycles. The monoisotopic (exact) mass is 300 g/mol. The highest BCUT2D eigenvalue weighted by Gasteiger charge is 2.41. The fourth-order valence-corrected chi connectivity index (χ4v) is 2.95. The van der Waals surface area contributed by atoms with E-state index in [0.29, 0.717) is 10.6 Å². The van der Waals surface area contributed by atoms with E-state index in [-0.39, 0.29) is 0 Å². The highest BCUT2D eigenvalue weighted by Crippen LogP contribution is 2.46. The molecule has 0 bridgehead atoms. The van der Waals surface area contributed by atoms with E-state index in [4.69, 9.17) is 0 Å². The van der Waals surface area contributed by atoms with E-state index < -0.39 is 0 Å². The molecule has 1 saturated carbocycles. The molecule has 0 atom stereocenters. The Kier molecular flexibility index (Phi) is 4.10. The molecule has 3 rings (SSSR count). The maximum atomic E-state index is 4.62. The van der Waals surface area contributed by atoms with Crippen molar-refractivity contribution < 1.29 is 0 Å². The molecule has 1 aliphatic rings. The third-order valence-corrected chi connectivity index (χ3v) is 5.29. The molecule has 0 amide bonds. The highest BCUT2D eigenvalue weighted by atomic mass is 32.2. The first-order chi connectivity index (χ1) is 10.2. The second kappa shape index (κ2) is 6.02. The van der Waals surface area contributed by atoms with Crippen LogP contribution < -0.4 is 5.32 Å². The Bertz CT molecular complexity index is 611. The molecule has 0 aliphatic heterocycles. The Labute approximate surface area is 129 Å². The second-order valence-corrected chi connectivity index (χ2v) is 6.65. The normalized spacial score (nSPS) is 15.7. The van der Waals surface area contributed by atoms with Crippen LogP contribution in [0.25, 0.3) is 11.5 Å². The summed E-state index contributed by atoms with van der Waals surface area (Å²) >= 11 is 1.95. The molecule has 1 aliphatic carbocycles. The molecular weight excluding hydrogens is 280 g/mol. The highest BCUT2D eigenvalue weighted by molar-refractivity contribution is 8.00. The zero-order valence-electron chi connectivity index (χ0n) is 12.5. The van der Waals surface area contributed by atoms with Crippen LogP contribution in [-0.2, 0) is 6.42 Å². The number of anilines is 1. The van der Waals surface area contributed by atoms with Crippen molar-refractivity contribution in [3.05, 3.63) is 36.2 Å². The lowest BCUT2D eigenvalue weighted by molar-refractivity contribution is 0.928. The van der Waals surface area contributed by atoms with Gasteiger partial charge < -0.3 is 5.32 Å². The van der Waals surface area contributed by atoms with E-state index in [0.717, 1.165) is 30.2 Å². The van der Waals surface area contributed by atoms with Crippen molar-refractivity contribution in [3.63, 3.8) is 0 Å². The average Bonchev–Trinajstić information content (AvgIpc) is 3.34. The Morgan fingerprint density at radius 1 is 1.29 bits per heavy atom. The maximum absolute atomic E-state index is 4.62. The number of aromatic nitrogens is 3. The first-order valence-corrected chi connectivity index (χ1v) is 8.55. The van der Waals surface area contributed by atoms with Crippen molar-refractivity contribution in [2.75, 3.05) is 18.1 Å². The summed E-state index contributed by atoms with van der Waals surface area (Å²) in [5.41, 5.74) is 1.86. The molecule has 110 valence electrons. The minimum absolute atomic E-state index is 0.419. The molecule has 2 aromatic rings.